The minimum absolute atomic E-state index is 1.06. The first-order valence-electron chi connectivity index (χ1n) is 7.04. The third-order valence-corrected chi connectivity index (χ3v) is 4.89. The number of thioether (sulfide) groups is 1. The zero-order chi connectivity index (χ0) is 10.9. The molecular formula is C14H28S. The highest BCUT2D eigenvalue weighted by atomic mass is 32.2. The van der Waals surface area contributed by atoms with Crippen LogP contribution in [-0.2, 0) is 0 Å². The van der Waals surface area contributed by atoms with E-state index in [0.717, 1.165) is 10.5 Å². The summed E-state index contributed by atoms with van der Waals surface area (Å²) in [7, 11) is 0. The highest BCUT2D eigenvalue weighted by Gasteiger charge is 2.36. The van der Waals surface area contributed by atoms with E-state index in [1.165, 1.54) is 64.2 Å². The Labute approximate surface area is 101 Å². The van der Waals surface area contributed by atoms with Gasteiger partial charge in [-0.3, -0.25) is 0 Å². The fraction of sp³-hybridized carbons (Fsp3) is 1.00. The van der Waals surface area contributed by atoms with Gasteiger partial charge in [-0.05, 0) is 12.8 Å². The number of unbranched alkanes of at least 4 members (excludes halogenated alkanes) is 6. The van der Waals surface area contributed by atoms with Crippen molar-refractivity contribution in [3.63, 3.8) is 0 Å². The molecule has 0 bridgehead atoms. The molecule has 1 aliphatic rings. The van der Waals surface area contributed by atoms with Crippen LogP contribution in [-0.4, -0.2) is 10.5 Å². The molecule has 1 heteroatoms. The molecule has 0 aromatic heterocycles. The first-order valence-corrected chi connectivity index (χ1v) is 7.98. The second kappa shape index (κ2) is 8.50. The Morgan fingerprint density at radius 1 is 0.667 bits per heavy atom. The lowest BCUT2D eigenvalue weighted by molar-refractivity contribution is 0.595. The predicted octanol–water partition coefficient (Wildman–Crippen LogP) is 5.41. The molecule has 0 aromatic carbocycles. The molecule has 0 aliphatic carbocycles. The molecule has 0 spiro atoms. The summed E-state index contributed by atoms with van der Waals surface area (Å²) in [4.78, 5) is 0. The van der Waals surface area contributed by atoms with Crippen LogP contribution in [0.3, 0.4) is 0 Å². The van der Waals surface area contributed by atoms with Crippen molar-refractivity contribution in [1.29, 1.82) is 0 Å². The van der Waals surface area contributed by atoms with Crippen molar-refractivity contribution in [2.24, 2.45) is 0 Å². The minimum atomic E-state index is 1.06. The molecule has 0 amide bonds. The first-order chi connectivity index (χ1) is 7.38. The molecule has 1 heterocycles. The third kappa shape index (κ3) is 6.50. The van der Waals surface area contributed by atoms with E-state index in [2.05, 4.69) is 25.6 Å². The van der Waals surface area contributed by atoms with Crippen LogP contribution in [0.4, 0.5) is 0 Å². The summed E-state index contributed by atoms with van der Waals surface area (Å²) in [6.45, 7) is 4.59. The smallest absolute Gasteiger partial charge is 0.0169 e. The van der Waals surface area contributed by atoms with E-state index in [4.69, 9.17) is 0 Å². The molecule has 1 fully saturated rings. The number of hydrogen-bond donors (Lipinski definition) is 0. The molecular weight excluding hydrogens is 200 g/mol. The normalized spacial score (nSPS) is 24.4. The second-order valence-electron chi connectivity index (χ2n) is 4.91. The van der Waals surface area contributed by atoms with Crippen molar-refractivity contribution in [3.8, 4) is 0 Å². The Hall–Kier alpha value is 0.350. The highest BCUT2D eigenvalue weighted by Crippen LogP contribution is 2.47. The number of hydrogen-bond acceptors (Lipinski definition) is 1. The fourth-order valence-corrected chi connectivity index (χ4v) is 3.47. The molecule has 0 radical (unpaired) electrons. The van der Waals surface area contributed by atoms with Crippen LogP contribution in [0.1, 0.15) is 78.1 Å². The van der Waals surface area contributed by atoms with E-state index >= 15 is 0 Å². The van der Waals surface area contributed by atoms with Crippen molar-refractivity contribution in [2.45, 2.75) is 88.6 Å². The van der Waals surface area contributed by atoms with Gasteiger partial charge < -0.3 is 0 Å². The quantitative estimate of drug-likeness (QED) is 0.356. The topological polar surface area (TPSA) is 0 Å². The van der Waals surface area contributed by atoms with Crippen LogP contribution in [0.15, 0.2) is 0 Å². The van der Waals surface area contributed by atoms with Gasteiger partial charge in [-0.1, -0.05) is 65.2 Å². The molecule has 0 N–H and O–H groups in total. The van der Waals surface area contributed by atoms with E-state index in [1.54, 1.807) is 0 Å². The molecule has 1 rings (SSSR count). The SMILES string of the molecule is CCCCCC[C@H]1S[C@@H]1CCCCCC. The summed E-state index contributed by atoms with van der Waals surface area (Å²) >= 11 is 2.25. The zero-order valence-corrected chi connectivity index (χ0v) is 11.5. The molecule has 0 aromatic rings. The molecule has 2 atom stereocenters. The summed E-state index contributed by atoms with van der Waals surface area (Å²) in [5.74, 6) is 0. The van der Waals surface area contributed by atoms with E-state index in [0.29, 0.717) is 0 Å². The average Bonchev–Trinajstić information content (AvgIpc) is 2.99. The highest BCUT2D eigenvalue weighted by molar-refractivity contribution is 8.07. The van der Waals surface area contributed by atoms with Gasteiger partial charge >= 0.3 is 0 Å². The Bertz CT molecular complexity index is 128. The molecule has 1 saturated heterocycles. The summed E-state index contributed by atoms with van der Waals surface area (Å²) in [6.07, 6.45) is 14.5. The Morgan fingerprint density at radius 3 is 1.53 bits per heavy atom. The lowest BCUT2D eigenvalue weighted by Gasteiger charge is -1.99. The van der Waals surface area contributed by atoms with Crippen LogP contribution >= 0.6 is 11.8 Å². The summed E-state index contributed by atoms with van der Waals surface area (Å²) in [5.41, 5.74) is 0. The maximum atomic E-state index is 2.29. The average molecular weight is 228 g/mol. The zero-order valence-electron chi connectivity index (χ0n) is 10.6. The maximum absolute atomic E-state index is 2.29. The van der Waals surface area contributed by atoms with Gasteiger partial charge in [-0.15, -0.1) is 0 Å². The first kappa shape index (κ1) is 13.4. The minimum Gasteiger partial charge on any atom is -0.153 e. The van der Waals surface area contributed by atoms with Crippen LogP contribution in [0.25, 0.3) is 0 Å². The van der Waals surface area contributed by atoms with Crippen LogP contribution in [0.2, 0.25) is 0 Å². The van der Waals surface area contributed by atoms with Gasteiger partial charge in [0.1, 0.15) is 0 Å². The summed E-state index contributed by atoms with van der Waals surface area (Å²) < 4.78 is 0. The van der Waals surface area contributed by atoms with Crippen LogP contribution in [0.5, 0.6) is 0 Å². The second-order valence-corrected chi connectivity index (χ2v) is 6.39. The molecule has 15 heavy (non-hydrogen) atoms. The molecule has 0 unspecified atom stereocenters. The van der Waals surface area contributed by atoms with Gasteiger partial charge in [0.2, 0.25) is 0 Å². The van der Waals surface area contributed by atoms with Crippen LogP contribution in [0, 0.1) is 0 Å². The Morgan fingerprint density at radius 2 is 1.13 bits per heavy atom. The van der Waals surface area contributed by atoms with Crippen molar-refractivity contribution in [1.82, 2.24) is 0 Å². The van der Waals surface area contributed by atoms with Gasteiger partial charge in [-0.25, -0.2) is 0 Å². The Kier molecular flexibility index (Phi) is 7.60. The Balaban J connectivity index is 1.81. The molecule has 1 aliphatic heterocycles. The third-order valence-electron chi connectivity index (χ3n) is 3.37. The fourth-order valence-electron chi connectivity index (χ4n) is 2.23. The lowest BCUT2D eigenvalue weighted by Crippen LogP contribution is -1.94. The molecule has 0 saturated carbocycles. The standard InChI is InChI=1S/C14H28S/c1-3-5-7-9-11-13-14(15-13)12-10-8-6-4-2/h13-14H,3-12H2,1-2H3/t13-,14-/m1/s1. The van der Waals surface area contributed by atoms with Crippen molar-refractivity contribution in [2.75, 3.05) is 0 Å². The summed E-state index contributed by atoms with van der Waals surface area (Å²) in [5, 5.41) is 2.12. The predicted molar refractivity (Wildman–Crippen MR) is 72.7 cm³/mol. The van der Waals surface area contributed by atoms with Gasteiger partial charge in [-0.2, -0.15) is 11.8 Å². The van der Waals surface area contributed by atoms with Crippen molar-refractivity contribution < 1.29 is 0 Å². The maximum Gasteiger partial charge on any atom is 0.0169 e. The lowest BCUT2D eigenvalue weighted by atomic mass is 10.1. The van der Waals surface area contributed by atoms with Gasteiger partial charge in [0, 0.05) is 10.5 Å². The van der Waals surface area contributed by atoms with Gasteiger partial charge in [0.15, 0.2) is 0 Å². The molecule has 0 nitrogen and oxygen atoms in total. The van der Waals surface area contributed by atoms with E-state index in [9.17, 15) is 0 Å². The summed E-state index contributed by atoms with van der Waals surface area (Å²) in [6, 6.07) is 0. The molecule has 90 valence electrons. The van der Waals surface area contributed by atoms with Crippen molar-refractivity contribution in [3.05, 3.63) is 0 Å². The van der Waals surface area contributed by atoms with Crippen molar-refractivity contribution >= 4 is 11.8 Å². The van der Waals surface area contributed by atoms with E-state index in [1.807, 2.05) is 0 Å². The van der Waals surface area contributed by atoms with E-state index in [-0.39, 0.29) is 0 Å². The van der Waals surface area contributed by atoms with Gasteiger partial charge in [0.05, 0.1) is 0 Å². The largest absolute Gasteiger partial charge is 0.153 e. The van der Waals surface area contributed by atoms with Crippen LogP contribution < -0.4 is 0 Å². The van der Waals surface area contributed by atoms with E-state index < -0.39 is 0 Å². The monoisotopic (exact) mass is 228 g/mol. The van der Waals surface area contributed by atoms with Gasteiger partial charge in [0.25, 0.3) is 0 Å². The number of rotatable bonds is 10.